The van der Waals surface area contributed by atoms with Crippen LogP contribution in [0.4, 0.5) is 0 Å². The molecule has 4 rings (SSSR count). The first kappa shape index (κ1) is 22.9. The number of hydrogen-bond acceptors (Lipinski definition) is 3. The molecule has 0 aliphatic heterocycles. The molecular formula is C29H27N3O2. The number of rotatable bonds is 9. The SMILES string of the molecule is O=C(NCc1ccccn1)C(Cc1ccccc1)NC(=O)C(c1ccccc1)c1ccccc1. The monoisotopic (exact) mass is 449 g/mol. The molecule has 4 aromatic rings. The lowest BCUT2D eigenvalue weighted by Gasteiger charge is -2.23. The highest BCUT2D eigenvalue weighted by Crippen LogP contribution is 2.25. The molecule has 34 heavy (non-hydrogen) atoms. The lowest BCUT2D eigenvalue weighted by atomic mass is 9.90. The van der Waals surface area contributed by atoms with Gasteiger partial charge in [0.15, 0.2) is 0 Å². The van der Waals surface area contributed by atoms with Crippen LogP contribution in [0, 0.1) is 0 Å². The molecule has 1 heterocycles. The molecule has 0 aliphatic rings. The molecule has 170 valence electrons. The standard InChI is InChI=1S/C29H27N3O2/c33-28(31-21-25-18-10-11-19-30-25)26(20-22-12-4-1-5-13-22)32-29(34)27(23-14-6-2-7-15-23)24-16-8-3-9-17-24/h1-19,26-27H,20-21H2,(H,31,33)(H,32,34). The molecule has 1 aromatic heterocycles. The highest BCUT2D eigenvalue weighted by atomic mass is 16.2. The van der Waals surface area contributed by atoms with Crippen molar-refractivity contribution in [2.75, 3.05) is 0 Å². The Balaban J connectivity index is 1.57. The van der Waals surface area contributed by atoms with Crippen molar-refractivity contribution in [1.29, 1.82) is 0 Å². The van der Waals surface area contributed by atoms with Gasteiger partial charge in [-0.15, -0.1) is 0 Å². The number of benzene rings is 3. The summed E-state index contributed by atoms with van der Waals surface area (Å²) in [5.74, 6) is -0.988. The number of carbonyl (C=O) groups excluding carboxylic acids is 2. The van der Waals surface area contributed by atoms with E-state index in [0.717, 1.165) is 22.4 Å². The molecule has 0 bridgehead atoms. The fourth-order valence-corrected chi connectivity index (χ4v) is 3.90. The van der Waals surface area contributed by atoms with Gasteiger partial charge in [-0.3, -0.25) is 14.6 Å². The van der Waals surface area contributed by atoms with E-state index in [1.54, 1.807) is 6.20 Å². The lowest BCUT2D eigenvalue weighted by Crippen LogP contribution is -2.49. The van der Waals surface area contributed by atoms with Crippen molar-refractivity contribution >= 4 is 11.8 Å². The van der Waals surface area contributed by atoms with Crippen LogP contribution in [-0.2, 0) is 22.6 Å². The van der Waals surface area contributed by atoms with Gasteiger partial charge < -0.3 is 10.6 Å². The Bertz CT molecular complexity index is 1140. The number of carbonyl (C=O) groups is 2. The highest BCUT2D eigenvalue weighted by molar-refractivity contribution is 5.92. The van der Waals surface area contributed by atoms with Crippen LogP contribution in [0.2, 0.25) is 0 Å². The predicted octanol–water partition coefficient (Wildman–Crippen LogP) is 4.26. The van der Waals surface area contributed by atoms with Gasteiger partial charge in [0, 0.05) is 12.6 Å². The zero-order valence-electron chi connectivity index (χ0n) is 18.8. The third-order valence-corrected chi connectivity index (χ3v) is 5.61. The lowest BCUT2D eigenvalue weighted by molar-refractivity contribution is -0.129. The van der Waals surface area contributed by atoms with Gasteiger partial charge in [0.05, 0.1) is 18.2 Å². The molecule has 2 N–H and O–H groups in total. The molecule has 0 fully saturated rings. The van der Waals surface area contributed by atoms with Gasteiger partial charge in [0.25, 0.3) is 0 Å². The highest BCUT2D eigenvalue weighted by Gasteiger charge is 2.28. The zero-order valence-corrected chi connectivity index (χ0v) is 18.8. The van der Waals surface area contributed by atoms with Gasteiger partial charge >= 0.3 is 0 Å². The van der Waals surface area contributed by atoms with Crippen molar-refractivity contribution in [2.45, 2.75) is 24.9 Å². The molecule has 0 radical (unpaired) electrons. The van der Waals surface area contributed by atoms with Crippen LogP contribution in [-0.4, -0.2) is 22.8 Å². The summed E-state index contributed by atoms with van der Waals surface area (Å²) in [5.41, 5.74) is 3.47. The Hall–Kier alpha value is -4.25. The number of nitrogens with zero attached hydrogens (tertiary/aromatic N) is 1. The van der Waals surface area contributed by atoms with E-state index in [0.29, 0.717) is 13.0 Å². The summed E-state index contributed by atoms with van der Waals surface area (Å²) in [6.07, 6.45) is 2.08. The van der Waals surface area contributed by atoms with E-state index in [9.17, 15) is 9.59 Å². The van der Waals surface area contributed by atoms with Crippen molar-refractivity contribution in [1.82, 2.24) is 15.6 Å². The molecule has 0 saturated carbocycles. The van der Waals surface area contributed by atoms with Crippen LogP contribution in [0.3, 0.4) is 0 Å². The molecule has 1 atom stereocenters. The first-order valence-electron chi connectivity index (χ1n) is 11.3. The zero-order chi connectivity index (χ0) is 23.6. The molecule has 0 aliphatic carbocycles. The minimum Gasteiger partial charge on any atom is -0.349 e. The average molecular weight is 450 g/mol. The Labute approximate surface area is 199 Å². The van der Waals surface area contributed by atoms with Crippen LogP contribution >= 0.6 is 0 Å². The van der Waals surface area contributed by atoms with Gasteiger partial charge in [-0.25, -0.2) is 0 Å². The second kappa shape index (κ2) is 11.6. The van der Waals surface area contributed by atoms with E-state index in [2.05, 4.69) is 15.6 Å². The molecule has 0 spiro atoms. The van der Waals surface area contributed by atoms with Gasteiger partial charge in [-0.2, -0.15) is 0 Å². The topological polar surface area (TPSA) is 71.1 Å². The first-order chi connectivity index (χ1) is 16.7. The van der Waals surface area contributed by atoms with Crippen molar-refractivity contribution in [3.05, 3.63) is 138 Å². The largest absolute Gasteiger partial charge is 0.349 e. The average Bonchev–Trinajstić information content (AvgIpc) is 2.89. The third kappa shape index (κ3) is 6.17. The van der Waals surface area contributed by atoms with Crippen LogP contribution in [0.1, 0.15) is 28.3 Å². The minimum absolute atomic E-state index is 0.216. The summed E-state index contributed by atoms with van der Waals surface area (Å²) in [5, 5.41) is 5.95. The van der Waals surface area contributed by atoms with Crippen molar-refractivity contribution in [3.63, 3.8) is 0 Å². The van der Waals surface area contributed by atoms with Gasteiger partial charge in [-0.1, -0.05) is 97.1 Å². The number of aromatic nitrogens is 1. The fraction of sp³-hybridized carbons (Fsp3) is 0.138. The smallest absolute Gasteiger partial charge is 0.243 e. The van der Waals surface area contributed by atoms with E-state index in [1.165, 1.54) is 0 Å². The Morgan fingerprint density at radius 2 is 1.24 bits per heavy atom. The summed E-state index contributed by atoms with van der Waals surface area (Å²) >= 11 is 0. The van der Waals surface area contributed by atoms with Gasteiger partial charge in [-0.05, 0) is 28.8 Å². The third-order valence-electron chi connectivity index (χ3n) is 5.61. The maximum absolute atomic E-state index is 13.6. The first-order valence-corrected chi connectivity index (χ1v) is 11.3. The summed E-state index contributed by atoms with van der Waals surface area (Å²) in [4.78, 5) is 31.1. The van der Waals surface area contributed by atoms with Crippen LogP contribution in [0.25, 0.3) is 0 Å². The second-order valence-electron chi connectivity index (χ2n) is 8.04. The molecule has 5 nitrogen and oxygen atoms in total. The Morgan fingerprint density at radius 1 is 0.676 bits per heavy atom. The quantitative estimate of drug-likeness (QED) is 0.401. The van der Waals surface area contributed by atoms with E-state index in [4.69, 9.17) is 0 Å². The molecule has 5 heteroatoms. The normalized spacial score (nSPS) is 11.6. The van der Waals surface area contributed by atoms with E-state index >= 15 is 0 Å². The molecule has 2 amide bonds. The molecule has 1 unspecified atom stereocenters. The minimum atomic E-state index is -0.728. The molecular weight excluding hydrogens is 422 g/mol. The number of amides is 2. The maximum atomic E-state index is 13.6. The number of nitrogens with one attached hydrogen (secondary N) is 2. The van der Waals surface area contributed by atoms with Gasteiger partial charge in [0.2, 0.25) is 11.8 Å². The maximum Gasteiger partial charge on any atom is 0.243 e. The van der Waals surface area contributed by atoms with Crippen molar-refractivity contribution in [2.24, 2.45) is 0 Å². The van der Waals surface area contributed by atoms with E-state index in [-0.39, 0.29) is 11.8 Å². The van der Waals surface area contributed by atoms with Crippen molar-refractivity contribution < 1.29 is 9.59 Å². The summed E-state index contributed by atoms with van der Waals surface area (Å²) in [6, 6.07) is 33.8. The van der Waals surface area contributed by atoms with Crippen LogP contribution in [0.15, 0.2) is 115 Å². The molecule has 0 saturated heterocycles. The molecule has 3 aromatic carbocycles. The Kier molecular flexibility index (Phi) is 7.80. The second-order valence-corrected chi connectivity index (χ2v) is 8.04. The summed E-state index contributed by atoms with van der Waals surface area (Å²) in [7, 11) is 0. The van der Waals surface area contributed by atoms with Crippen LogP contribution < -0.4 is 10.6 Å². The van der Waals surface area contributed by atoms with Gasteiger partial charge in [0.1, 0.15) is 6.04 Å². The fourth-order valence-electron chi connectivity index (χ4n) is 3.90. The van der Waals surface area contributed by atoms with E-state index < -0.39 is 12.0 Å². The Morgan fingerprint density at radius 3 is 1.79 bits per heavy atom. The van der Waals surface area contributed by atoms with Crippen molar-refractivity contribution in [3.8, 4) is 0 Å². The van der Waals surface area contributed by atoms with E-state index in [1.807, 2.05) is 109 Å². The number of pyridine rings is 1. The summed E-state index contributed by atoms with van der Waals surface area (Å²) in [6.45, 7) is 0.293. The number of hydrogen-bond donors (Lipinski definition) is 2. The van der Waals surface area contributed by atoms with Crippen LogP contribution in [0.5, 0.6) is 0 Å². The summed E-state index contributed by atoms with van der Waals surface area (Å²) < 4.78 is 0. The predicted molar refractivity (Wildman–Crippen MR) is 133 cm³/mol.